The molecule has 3 rings (SSSR count). The number of nitrogens with one attached hydrogen (secondary N) is 1. The molecule has 1 aromatic carbocycles. The van der Waals surface area contributed by atoms with Crippen LogP contribution in [0.25, 0.3) is 0 Å². The monoisotopic (exact) mass is 432 g/mol. The minimum absolute atomic E-state index is 0. The van der Waals surface area contributed by atoms with E-state index < -0.39 is 0 Å². The Balaban J connectivity index is 0.00000192. The zero-order valence-electron chi connectivity index (χ0n) is 13.7. The summed E-state index contributed by atoms with van der Waals surface area (Å²) in [4.78, 5) is 8.92. The van der Waals surface area contributed by atoms with Gasteiger partial charge in [-0.2, -0.15) is 0 Å². The summed E-state index contributed by atoms with van der Waals surface area (Å²) in [6.07, 6.45) is 1.33. The lowest BCUT2D eigenvalue weighted by molar-refractivity contribution is 0.174. The molecule has 128 valence electrons. The van der Waals surface area contributed by atoms with E-state index in [0.29, 0.717) is 6.79 Å². The number of fused-ring (bicyclic) bond motifs is 1. The van der Waals surface area contributed by atoms with Crippen LogP contribution in [-0.4, -0.2) is 62.8 Å². The van der Waals surface area contributed by atoms with Gasteiger partial charge in [0.25, 0.3) is 0 Å². The van der Waals surface area contributed by atoms with Crippen molar-refractivity contribution in [1.29, 1.82) is 0 Å². The van der Waals surface area contributed by atoms with Gasteiger partial charge in [0.15, 0.2) is 17.5 Å². The number of rotatable bonds is 5. The summed E-state index contributed by atoms with van der Waals surface area (Å²) in [5, 5.41) is 3.42. The second-order valence-corrected chi connectivity index (χ2v) is 5.71. The molecule has 2 aliphatic heterocycles. The van der Waals surface area contributed by atoms with Gasteiger partial charge in [-0.1, -0.05) is 6.07 Å². The second kappa shape index (κ2) is 8.58. The molecule has 1 N–H and O–H groups in total. The van der Waals surface area contributed by atoms with Gasteiger partial charge in [0.2, 0.25) is 6.79 Å². The van der Waals surface area contributed by atoms with Crippen molar-refractivity contribution in [2.24, 2.45) is 4.99 Å². The van der Waals surface area contributed by atoms with E-state index in [-0.39, 0.29) is 24.0 Å². The molecule has 2 aliphatic rings. The van der Waals surface area contributed by atoms with Crippen LogP contribution in [0.5, 0.6) is 11.5 Å². The van der Waals surface area contributed by atoms with E-state index in [1.165, 1.54) is 25.1 Å². The largest absolute Gasteiger partial charge is 0.454 e. The highest BCUT2D eigenvalue weighted by molar-refractivity contribution is 14.0. The Morgan fingerprint density at radius 3 is 2.78 bits per heavy atom. The molecule has 23 heavy (non-hydrogen) atoms. The maximum atomic E-state index is 5.43. The van der Waals surface area contributed by atoms with Crippen LogP contribution in [0, 0.1) is 0 Å². The topological polar surface area (TPSA) is 49.3 Å². The molecule has 0 aliphatic carbocycles. The van der Waals surface area contributed by atoms with Gasteiger partial charge in [0.05, 0.1) is 0 Å². The molecule has 0 radical (unpaired) electrons. The molecule has 0 aromatic heterocycles. The Bertz CT molecular complexity index is 549. The number of ether oxygens (including phenoxy) is 2. The lowest BCUT2D eigenvalue weighted by Gasteiger charge is -2.31. The van der Waals surface area contributed by atoms with Crippen LogP contribution in [0.2, 0.25) is 0 Å². The fourth-order valence-corrected chi connectivity index (χ4v) is 2.70. The Morgan fingerprint density at radius 2 is 2.09 bits per heavy atom. The summed E-state index contributed by atoms with van der Waals surface area (Å²) in [5.74, 6) is 2.56. The third-order valence-electron chi connectivity index (χ3n) is 4.09. The predicted octanol–water partition coefficient (Wildman–Crippen LogP) is 1.75. The first-order valence-corrected chi connectivity index (χ1v) is 7.79. The predicted molar refractivity (Wildman–Crippen MR) is 102 cm³/mol. The molecular weight excluding hydrogens is 407 g/mol. The highest BCUT2D eigenvalue weighted by atomic mass is 127. The molecule has 1 aromatic rings. The summed E-state index contributed by atoms with van der Waals surface area (Å²) in [5.41, 5.74) is 1.18. The Labute approximate surface area is 154 Å². The Morgan fingerprint density at radius 1 is 1.30 bits per heavy atom. The second-order valence-electron chi connectivity index (χ2n) is 5.71. The van der Waals surface area contributed by atoms with E-state index in [2.05, 4.69) is 26.2 Å². The molecule has 6 nitrogen and oxygen atoms in total. The summed E-state index contributed by atoms with van der Waals surface area (Å²) >= 11 is 0. The summed E-state index contributed by atoms with van der Waals surface area (Å²) in [6, 6.07) is 6.06. The van der Waals surface area contributed by atoms with Crippen LogP contribution in [0.1, 0.15) is 12.0 Å². The van der Waals surface area contributed by atoms with Crippen molar-refractivity contribution in [3.8, 4) is 11.5 Å². The normalized spacial score (nSPS) is 16.5. The van der Waals surface area contributed by atoms with Gasteiger partial charge in [-0.05, 0) is 37.2 Å². The van der Waals surface area contributed by atoms with E-state index in [0.717, 1.165) is 37.1 Å². The van der Waals surface area contributed by atoms with Crippen molar-refractivity contribution >= 4 is 29.9 Å². The van der Waals surface area contributed by atoms with Crippen molar-refractivity contribution in [2.45, 2.75) is 13.0 Å². The molecular formula is C16H25IN4O2. The Hall–Kier alpha value is -1.22. The molecule has 0 atom stereocenters. The first kappa shape index (κ1) is 18.1. The first-order chi connectivity index (χ1) is 10.8. The number of likely N-dealkylation sites (tertiary alicyclic amines) is 1. The number of nitrogens with zero attached hydrogens (tertiary/aromatic N) is 3. The van der Waals surface area contributed by atoms with Gasteiger partial charge in [-0.25, -0.2) is 0 Å². The van der Waals surface area contributed by atoms with Gasteiger partial charge in [-0.15, -0.1) is 24.0 Å². The highest BCUT2D eigenvalue weighted by Gasteiger charge is 2.15. The quantitative estimate of drug-likeness (QED) is 0.437. The number of guanidine groups is 1. The lowest BCUT2D eigenvalue weighted by atomic mass is 10.2. The van der Waals surface area contributed by atoms with E-state index in [4.69, 9.17) is 9.47 Å². The van der Waals surface area contributed by atoms with Gasteiger partial charge in [-0.3, -0.25) is 4.99 Å². The summed E-state index contributed by atoms with van der Waals surface area (Å²) < 4.78 is 10.8. The van der Waals surface area contributed by atoms with Crippen LogP contribution in [0.3, 0.4) is 0 Å². The molecule has 2 heterocycles. The number of hydrogen-bond donors (Lipinski definition) is 1. The molecule has 0 spiro atoms. The number of benzene rings is 1. The third-order valence-corrected chi connectivity index (χ3v) is 4.09. The van der Waals surface area contributed by atoms with Gasteiger partial charge in [0, 0.05) is 33.7 Å². The average Bonchev–Trinajstić information content (AvgIpc) is 2.93. The SMILES string of the molecule is CN=C(NCCN1CCC1)N(C)Cc1ccc2c(c1)OCO2.I. The fourth-order valence-electron chi connectivity index (χ4n) is 2.70. The van der Waals surface area contributed by atoms with Crippen molar-refractivity contribution in [3.05, 3.63) is 23.8 Å². The smallest absolute Gasteiger partial charge is 0.231 e. The highest BCUT2D eigenvalue weighted by Crippen LogP contribution is 2.32. The molecule has 0 unspecified atom stereocenters. The zero-order valence-corrected chi connectivity index (χ0v) is 16.1. The molecule has 7 heteroatoms. The molecule has 0 bridgehead atoms. The van der Waals surface area contributed by atoms with Crippen molar-refractivity contribution in [1.82, 2.24) is 15.1 Å². The first-order valence-electron chi connectivity index (χ1n) is 7.79. The lowest BCUT2D eigenvalue weighted by Crippen LogP contribution is -2.45. The van der Waals surface area contributed by atoms with Crippen LogP contribution >= 0.6 is 24.0 Å². The van der Waals surface area contributed by atoms with E-state index in [1.54, 1.807) is 0 Å². The minimum Gasteiger partial charge on any atom is -0.454 e. The van der Waals surface area contributed by atoms with Crippen LogP contribution in [0.15, 0.2) is 23.2 Å². The standard InChI is InChI=1S/C16H24N4O2.HI/c1-17-16(18-6-9-20-7-3-8-20)19(2)11-13-4-5-14-15(10-13)22-12-21-14;/h4-5,10H,3,6-9,11-12H2,1-2H3,(H,17,18);1H. The Kier molecular flexibility index (Phi) is 6.76. The maximum Gasteiger partial charge on any atom is 0.231 e. The third kappa shape index (κ3) is 4.63. The maximum absolute atomic E-state index is 5.43. The summed E-state index contributed by atoms with van der Waals surface area (Å²) in [7, 11) is 3.87. The summed E-state index contributed by atoms with van der Waals surface area (Å²) in [6.45, 7) is 5.56. The molecule has 1 saturated heterocycles. The van der Waals surface area contributed by atoms with Crippen LogP contribution < -0.4 is 14.8 Å². The van der Waals surface area contributed by atoms with E-state index in [1.807, 2.05) is 26.2 Å². The van der Waals surface area contributed by atoms with Gasteiger partial charge >= 0.3 is 0 Å². The van der Waals surface area contributed by atoms with Crippen molar-refractivity contribution in [3.63, 3.8) is 0 Å². The molecule has 1 fully saturated rings. The zero-order chi connectivity index (χ0) is 15.4. The number of aliphatic imine (C=N–C) groups is 1. The van der Waals surface area contributed by atoms with Gasteiger partial charge < -0.3 is 24.6 Å². The van der Waals surface area contributed by atoms with E-state index in [9.17, 15) is 0 Å². The average molecular weight is 432 g/mol. The van der Waals surface area contributed by atoms with Crippen molar-refractivity contribution in [2.75, 3.05) is 47.1 Å². The van der Waals surface area contributed by atoms with Gasteiger partial charge in [0.1, 0.15) is 0 Å². The fraction of sp³-hybridized carbons (Fsp3) is 0.562. The molecule has 0 amide bonds. The van der Waals surface area contributed by atoms with Crippen molar-refractivity contribution < 1.29 is 9.47 Å². The number of halogens is 1. The van der Waals surface area contributed by atoms with Crippen LogP contribution in [-0.2, 0) is 6.54 Å². The number of hydrogen-bond acceptors (Lipinski definition) is 4. The van der Waals surface area contributed by atoms with Crippen LogP contribution in [0.4, 0.5) is 0 Å². The van der Waals surface area contributed by atoms with E-state index >= 15 is 0 Å². The minimum atomic E-state index is 0. The molecule has 0 saturated carbocycles.